The van der Waals surface area contributed by atoms with Gasteiger partial charge in [0.05, 0.1) is 21.8 Å². The fraction of sp³-hybridized carbons (Fsp3) is 0.304. The van der Waals surface area contributed by atoms with Crippen molar-refractivity contribution in [2.75, 3.05) is 11.4 Å². The zero-order valence-electron chi connectivity index (χ0n) is 16.7. The molecule has 0 bridgehead atoms. The van der Waals surface area contributed by atoms with Crippen molar-refractivity contribution in [3.05, 3.63) is 64.2 Å². The molecule has 0 saturated heterocycles. The Morgan fingerprint density at radius 3 is 2.54 bits per heavy atom. The number of hydrogen-bond acceptors (Lipinski definition) is 3. The minimum atomic E-state index is -0.949. The summed E-state index contributed by atoms with van der Waals surface area (Å²) in [6.07, 6.45) is 5.09. The molecule has 1 aliphatic heterocycles. The molecule has 0 spiro atoms. The van der Waals surface area contributed by atoms with Gasteiger partial charge in [-0.25, -0.2) is 4.79 Å². The molecule has 0 radical (unpaired) electrons. The number of hydrogen-bond donors (Lipinski definition) is 1. The van der Waals surface area contributed by atoms with E-state index in [1.807, 2.05) is 6.07 Å². The molecule has 1 N–H and O–H groups in total. The summed E-state index contributed by atoms with van der Waals surface area (Å²) in [6.45, 7) is 9.71. The number of anilines is 1. The third-order valence-corrected chi connectivity index (χ3v) is 5.34. The normalized spacial score (nSPS) is 15.5. The number of carboxylic acid groups (broad SMARTS) is 1. The number of halogens is 1. The van der Waals surface area contributed by atoms with Crippen LogP contribution in [0, 0.1) is 0 Å². The third-order valence-electron chi connectivity index (χ3n) is 5.01. The molecule has 4 nitrogen and oxygen atoms in total. The Bertz CT molecular complexity index is 959. The zero-order chi connectivity index (χ0) is 20.5. The van der Waals surface area contributed by atoms with E-state index in [0.29, 0.717) is 10.7 Å². The molecule has 2 aromatic rings. The van der Waals surface area contributed by atoms with E-state index in [0.717, 1.165) is 24.2 Å². The number of benzene rings is 2. The van der Waals surface area contributed by atoms with Crippen LogP contribution in [0.2, 0.25) is 5.02 Å². The largest absolute Gasteiger partial charge is 0.478 e. The molecule has 0 amide bonds. The Hall–Kier alpha value is -2.59. The molecule has 1 heterocycles. The van der Waals surface area contributed by atoms with Gasteiger partial charge in [0.2, 0.25) is 0 Å². The molecule has 0 atom stereocenters. The molecule has 1 aliphatic rings. The smallest absolute Gasteiger partial charge is 0.335 e. The third kappa shape index (κ3) is 3.97. The van der Waals surface area contributed by atoms with E-state index in [9.17, 15) is 4.79 Å². The molecule has 146 valence electrons. The van der Waals surface area contributed by atoms with Gasteiger partial charge in [-0.05, 0) is 69.2 Å². The quantitative estimate of drug-likeness (QED) is 0.612. The summed E-state index contributed by atoms with van der Waals surface area (Å²) in [4.78, 5) is 17.8. The minimum Gasteiger partial charge on any atom is -0.478 e. The van der Waals surface area contributed by atoms with Crippen LogP contribution in [0.15, 0.2) is 47.5 Å². The maximum absolute atomic E-state index is 11.0. The highest BCUT2D eigenvalue weighted by Gasteiger charge is 2.31. The van der Waals surface area contributed by atoms with Crippen molar-refractivity contribution in [3.8, 4) is 0 Å². The summed E-state index contributed by atoms with van der Waals surface area (Å²) >= 11 is 6.59. The Kier molecular flexibility index (Phi) is 5.61. The number of aromatic carboxylic acids is 1. The van der Waals surface area contributed by atoms with Crippen LogP contribution in [0.25, 0.3) is 5.57 Å². The summed E-state index contributed by atoms with van der Waals surface area (Å²) in [5, 5.41) is 9.64. The first-order valence-corrected chi connectivity index (χ1v) is 9.79. The Labute approximate surface area is 171 Å². The van der Waals surface area contributed by atoms with Gasteiger partial charge in [-0.15, -0.1) is 0 Å². The number of carboxylic acids is 1. The average molecular weight is 397 g/mol. The Morgan fingerprint density at radius 1 is 1.25 bits per heavy atom. The standard InChI is InChI=1S/C23H25ClN2O2/c1-5-10-26-21-12-20(24)17(11-19(21)15(2)13-23(26,3)4)14-25-18-8-6-16(7-9-18)22(27)28/h6-9,11-14H,5,10H2,1-4H3,(H,27,28). The lowest BCUT2D eigenvalue weighted by molar-refractivity contribution is 0.0697. The number of rotatable bonds is 5. The van der Waals surface area contributed by atoms with Gasteiger partial charge in [0.25, 0.3) is 0 Å². The van der Waals surface area contributed by atoms with Crippen LogP contribution in [0.3, 0.4) is 0 Å². The number of aliphatic imine (C=N–C) groups is 1. The highest BCUT2D eigenvalue weighted by atomic mass is 35.5. The fourth-order valence-corrected chi connectivity index (χ4v) is 3.89. The molecule has 0 fully saturated rings. The summed E-state index contributed by atoms with van der Waals surface area (Å²) in [5.74, 6) is -0.949. The molecule has 0 aromatic heterocycles. The van der Waals surface area contributed by atoms with Gasteiger partial charge in [-0.1, -0.05) is 24.6 Å². The first-order valence-electron chi connectivity index (χ1n) is 9.41. The number of carbonyl (C=O) groups is 1. The first kappa shape index (κ1) is 20.2. The fourth-order valence-electron chi connectivity index (χ4n) is 3.68. The first-order chi connectivity index (χ1) is 13.2. The second-order valence-corrected chi connectivity index (χ2v) is 8.04. The maximum atomic E-state index is 11.0. The summed E-state index contributed by atoms with van der Waals surface area (Å²) in [7, 11) is 0. The SMILES string of the molecule is CCCN1c2cc(Cl)c(C=Nc3ccc(C(=O)O)cc3)cc2C(C)=CC1(C)C. The number of nitrogens with zero attached hydrogens (tertiary/aromatic N) is 2. The second-order valence-electron chi connectivity index (χ2n) is 7.63. The molecule has 3 rings (SSSR count). The van der Waals surface area contributed by atoms with Crippen molar-refractivity contribution in [1.29, 1.82) is 0 Å². The highest BCUT2D eigenvalue weighted by molar-refractivity contribution is 6.33. The lowest BCUT2D eigenvalue weighted by Gasteiger charge is -2.43. The predicted molar refractivity (Wildman–Crippen MR) is 117 cm³/mol. The van der Waals surface area contributed by atoms with E-state index in [1.54, 1.807) is 30.5 Å². The van der Waals surface area contributed by atoms with Gasteiger partial charge >= 0.3 is 5.97 Å². The maximum Gasteiger partial charge on any atom is 0.335 e. The van der Waals surface area contributed by atoms with Gasteiger partial charge in [-0.3, -0.25) is 4.99 Å². The van der Waals surface area contributed by atoms with E-state index in [2.05, 4.69) is 49.7 Å². The minimum absolute atomic E-state index is 0.0576. The van der Waals surface area contributed by atoms with E-state index >= 15 is 0 Å². The molecular weight excluding hydrogens is 372 g/mol. The van der Waals surface area contributed by atoms with Crippen molar-refractivity contribution < 1.29 is 9.90 Å². The lowest BCUT2D eigenvalue weighted by Crippen LogP contribution is -2.45. The van der Waals surface area contributed by atoms with Gasteiger partial charge in [0.15, 0.2) is 0 Å². The van der Waals surface area contributed by atoms with Crippen molar-refractivity contribution in [2.45, 2.75) is 39.7 Å². The van der Waals surface area contributed by atoms with Gasteiger partial charge in [0, 0.05) is 29.6 Å². The topological polar surface area (TPSA) is 52.9 Å². The average Bonchev–Trinajstić information content (AvgIpc) is 2.63. The van der Waals surface area contributed by atoms with Crippen LogP contribution in [0.1, 0.15) is 55.6 Å². The Balaban J connectivity index is 1.96. The van der Waals surface area contributed by atoms with E-state index in [4.69, 9.17) is 16.7 Å². The van der Waals surface area contributed by atoms with Crippen LogP contribution in [0.4, 0.5) is 11.4 Å². The molecule has 0 aliphatic carbocycles. The monoisotopic (exact) mass is 396 g/mol. The van der Waals surface area contributed by atoms with Gasteiger partial charge < -0.3 is 10.0 Å². The van der Waals surface area contributed by atoms with Crippen LogP contribution >= 0.6 is 11.6 Å². The van der Waals surface area contributed by atoms with Crippen LogP contribution < -0.4 is 4.90 Å². The van der Waals surface area contributed by atoms with Gasteiger partial charge in [-0.2, -0.15) is 0 Å². The Morgan fingerprint density at radius 2 is 1.93 bits per heavy atom. The van der Waals surface area contributed by atoms with E-state index < -0.39 is 5.97 Å². The lowest BCUT2D eigenvalue weighted by atomic mass is 9.88. The second kappa shape index (κ2) is 7.80. The summed E-state index contributed by atoms with van der Waals surface area (Å²) < 4.78 is 0. The number of fused-ring (bicyclic) bond motifs is 1. The van der Waals surface area contributed by atoms with Crippen molar-refractivity contribution in [1.82, 2.24) is 0 Å². The van der Waals surface area contributed by atoms with Crippen LogP contribution in [0.5, 0.6) is 0 Å². The van der Waals surface area contributed by atoms with Crippen molar-refractivity contribution >= 4 is 40.7 Å². The van der Waals surface area contributed by atoms with Crippen LogP contribution in [-0.2, 0) is 0 Å². The predicted octanol–water partition coefficient (Wildman–Crippen LogP) is 6.20. The van der Waals surface area contributed by atoms with Crippen molar-refractivity contribution in [3.63, 3.8) is 0 Å². The van der Waals surface area contributed by atoms with Gasteiger partial charge in [0.1, 0.15) is 0 Å². The molecule has 0 unspecified atom stereocenters. The number of allylic oxidation sites excluding steroid dienone is 1. The molecule has 28 heavy (non-hydrogen) atoms. The molecule has 5 heteroatoms. The van der Waals surface area contributed by atoms with E-state index in [1.165, 1.54) is 11.1 Å². The van der Waals surface area contributed by atoms with Crippen molar-refractivity contribution in [2.24, 2.45) is 4.99 Å². The van der Waals surface area contributed by atoms with E-state index in [-0.39, 0.29) is 11.1 Å². The highest BCUT2D eigenvalue weighted by Crippen LogP contribution is 2.41. The van der Waals surface area contributed by atoms with Crippen LogP contribution in [-0.4, -0.2) is 29.4 Å². The summed E-state index contributed by atoms with van der Waals surface area (Å²) in [5.41, 5.74) is 5.25. The molecule has 2 aromatic carbocycles. The summed E-state index contributed by atoms with van der Waals surface area (Å²) in [6, 6.07) is 10.6. The molecular formula is C23H25ClN2O2. The molecule has 0 saturated carbocycles. The zero-order valence-corrected chi connectivity index (χ0v) is 17.4.